The van der Waals surface area contributed by atoms with Crippen molar-refractivity contribution in [2.24, 2.45) is 4.99 Å². The Labute approximate surface area is 148 Å². The molecule has 2 aromatic rings. The van der Waals surface area contributed by atoms with Crippen LogP contribution in [-0.2, 0) is 6.54 Å². The molecule has 0 aliphatic carbocycles. The molecule has 1 amide bonds. The van der Waals surface area contributed by atoms with Crippen molar-refractivity contribution < 1.29 is 4.79 Å². The highest BCUT2D eigenvalue weighted by Crippen LogP contribution is 2.17. The molecular weight excluding hydrogens is 372 g/mol. The van der Waals surface area contributed by atoms with Crippen LogP contribution in [0.2, 0.25) is 0 Å². The zero-order valence-electron chi connectivity index (χ0n) is 14.0. The quantitative estimate of drug-likeness (QED) is 0.620. The number of aromatic nitrogens is 2. The monoisotopic (exact) mass is 390 g/mol. The molecule has 2 rings (SSSR count). The van der Waals surface area contributed by atoms with Gasteiger partial charge in [0.15, 0.2) is 0 Å². The van der Waals surface area contributed by atoms with Gasteiger partial charge in [-0.3, -0.25) is 14.6 Å². The fourth-order valence-electron chi connectivity index (χ4n) is 2.49. The van der Waals surface area contributed by atoms with E-state index >= 15 is 0 Å². The van der Waals surface area contributed by atoms with Crippen molar-refractivity contribution in [1.82, 2.24) is 15.3 Å². The molecular formula is C17H19BrN4O2. The summed E-state index contributed by atoms with van der Waals surface area (Å²) in [6.45, 7) is 5.64. The maximum absolute atomic E-state index is 12.6. The number of pyridine rings is 2. The van der Waals surface area contributed by atoms with Crippen LogP contribution < -0.4 is 10.9 Å². The first kappa shape index (κ1) is 18.1. The molecule has 2 heterocycles. The summed E-state index contributed by atoms with van der Waals surface area (Å²) < 4.78 is 0.572. The molecule has 0 atom stereocenters. The third-order valence-electron chi connectivity index (χ3n) is 3.64. The summed E-state index contributed by atoms with van der Waals surface area (Å²) in [5.41, 5.74) is 3.82. The normalized spacial score (nSPS) is 11.0. The number of hydrogen-bond donors (Lipinski definition) is 2. The van der Waals surface area contributed by atoms with Crippen molar-refractivity contribution in [1.29, 1.82) is 0 Å². The Morgan fingerprint density at radius 3 is 2.71 bits per heavy atom. The molecule has 0 radical (unpaired) electrons. The van der Waals surface area contributed by atoms with Crippen LogP contribution >= 0.6 is 15.9 Å². The number of carbonyl (C=O) groups excluding carboxylic acids is 1. The minimum atomic E-state index is -0.282. The first-order chi connectivity index (χ1) is 11.3. The van der Waals surface area contributed by atoms with E-state index in [1.54, 1.807) is 19.3 Å². The maximum Gasteiger partial charge on any atom is 0.253 e. The van der Waals surface area contributed by atoms with E-state index in [0.29, 0.717) is 27.0 Å². The molecule has 0 unspecified atom stereocenters. The molecule has 0 saturated heterocycles. The van der Waals surface area contributed by atoms with Crippen molar-refractivity contribution in [3.8, 4) is 0 Å². The van der Waals surface area contributed by atoms with Gasteiger partial charge in [-0.1, -0.05) is 0 Å². The van der Waals surface area contributed by atoms with Gasteiger partial charge in [0.1, 0.15) is 4.60 Å². The molecule has 0 bridgehead atoms. The minimum absolute atomic E-state index is 0.155. The van der Waals surface area contributed by atoms with Crippen LogP contribution in [0.4, 0.5) is 0 Å². The first-order valence-electron chi connectivity index (χ1n) is 7.40. The van der Waals surface area contributed by atoms with E-state index in [1.165, 1.54) is 0 Å². The molecule has 0 aliphatic rings. The Kier molecular flexibility index (Phi) is 5.66. The summed E-state index contributed by atoms with van der Waals surface area (Å²) in [7, 11) is 1.64. The van der Waals surface area contributed by atoms with Gasteiger partial charge in [0.05, 0.1) is 5.56 Å². The first-order valence-corrected chi connectivity index (χ1v) is 8.19. The van der Waals surface area contributed by atoms with Gasteiger partial charge in [-0.2, -0.15) is 0 Å². The van der Waals surface area contributed by atoms with E-state index in [-0.39, 0.29) is 18.0 Å². The highest BCUT2D eigenvalue weighted by Gasteiger charge is 2.15. The lowest BCUT2D eigenvalue weighted by molar-refractivity contribution is 0.0950. The lowest BCUT2D eigenvalue weighted by Crippen LogP contribution is -2.29. The van der Waals surface area contributed by atoms with Gasteiger partial charge in [0, 0.05) is 42.3 Å². The van der Waals surface area contributed by atoms with Gasteiger partial charge in [0.25, 0.3) is 11.5 Å². The van der Waals surface area contributed by atoms with Crippen LogP contribution in [0, 0.1) is 20.8 Å². The fourth-order valence-corrected chi connectivity index (χ4v) is 2.98. The van der Waals surface area contributed by atoms with E-state index in [4.69, 9.17) is 0 Å². The number of aromatic amines is 1. The fraction of sp³-hybridized carbons (Fsp3) is 0.294. The van der Waals surface area contributed by atoms with Gasteiger partial charge in [-0.25, -0.2) is 4.98 Å². The van der Waals surface area contributed by atoms with Crippen molar-refractivity contribution in [3.05, 3.63) is 60.7 Å². The lowest BCUT2D eigenvalue weighted by atomic mass is 10.1. The summed E-state index contributed by atoms with van der Waals surface area (Å²) in [5, 5.41) is 2.80. The number of rotatable bonds is 4. The van der Waals surface area contributed by atoms with Crippen molar-refractivity contribution in [2.45, 2.75) is 27.3 Å². The molecule has 6 nitrogen and oxygen atoms in total. The van der Waals surface area contributed by atoms with E-state index in [2.05, 4.69) is 36.2 Å². The Hall–Kier alpha value is -2.28. The molecule has 2 aromatic heterocycles. The Morgan fingerprint density at radius 1 is 1.38 bits per heavy atom. The summed E-state index contributed by atoms with van der Waals surface area (Å²) in [5.74, 6) is -0.282. The van der Waals surface area contributed by atoms with E-state index < -0.39 is 0 Å². The Bertz CT molecular complexity index is 872. The van der Waals surface area contributed by atoms with Crippen molar-refractivity contribution >= 4 is 28.1 Å². The second-order valence-electron chi connectivity index (χ2n) is 5.50. The van der Waals surface area contributed by atoms with Gasteiger partial charge < -0.3 is 10.3 Å². The molecule has 7 heteroatoms. The average molecular weight is 391 g/mol. The number of aryl methyl sites for hydroxylation is 3. The van der Waals surface area contributed by atoms with Gasteiger partial charge in [0.2, 0.25) is 0 Å². The van der Waals surface area contributed by atoms with Gasteiger partial charge in [-0.05, 0) is 54.4 Å². The number of nitrogens with zero attached hydrogens (tertiary/aromatic N) is 2. The molecule has 0 fully saturated rings. The van der Waals surface area contributed by atoms with Crippen molar-refractivity contribution in [3.63, 3.8) is 0 Å². The summed E-state index contributed by atoms with van der Waals surface area (Å²) in [6, 6.07) is 3.52. The Morgan fingerprint density at radius 2 is 2.08 bits per heavy atom. The summed E-state index contributed by atoms with van der Waals surface area (Å²) in [6.07, 6.45) is 1.60. The van der Waals surface area contributed by atoms with Crippen molar-refractivity contribution in [2.75, 3.05) is 7.05 Å². The number of nitrogens with one attached hydrogen (secondary N) is 2. The molecule has 0 saturated carbocycles. The van der Waals surface area contributed by atoms with Crippen LogP contribution in [-0.4, -0.2) is 29.1 Å². The van der Waals surface area contributed by atoms with Crippen LogP contribution in [0.5, 0.6) is 0 Å². The predicted octanol–water partition coefficient (Wildman–Crippen LogP) is 2.44. The molecule has 0 aliphatic heterocycles. The topological polar surface area (TPSA) is 87.2 Å². The Balaban J connectivity index is 2.30. The zero-order valence-corrected chi connectivity index (χ0v) is 15.6. The van der Waals surface area contributed by atoms with Crippen LogP contribution in [0.15, 0.2) is 26.5 Å². The number of halogens is 1. The second kappa shape index (κ2) is 7.53. The average Bonchev–Trinajstić information content (AvgIpc) is 2.48. The van der Waals surface area contributed by atoms with E-state index in [0.717, 1.165) is 11.3 Å². The molecule has 0 spiro atoms. The SMILES string of the molecule is CN=Cc1c(C(=O)NCc2c(C)cc(C)[nH]c2=O)cc(Br)nc1C. The highest BCUT2D eigenvalue weighted by atomic mass is 79.9. The molecule has 126 valence electrons. The van der Waals surface area contributed by atoms with Gasteiger partial charge >= 0.3 is 0 Å². The van der Waals surface area contributed by atoms with Crippen LogP contribution in [0.3, 0.4) is 0 Å². The number of H-pyrrole nitrogens is 1. The second-order valence-corrected chi connectivity index (χ2v) is 6.32. The van der Waals surface area contributed by atoms with Gasteiger partial charge in [-0.15, -0.1) is 0 Å². The maximum atomic E-state index is 12.6. The molecule has 24 heavy (non-hydrogen) atoms. The summed E-state index contributed by atoms with van der Waals surface area (Å²) in [4.78, 5) is 35.6. The standard InChI is InChI=1S/C17H19BrN4O2/c1-9-5-10(2)21-17(24)13(9)8-20-16(23)12-6-15(18)22-11(3)14(12)7-19-4/h5-7H,8H2,1-4H3,(H,20,23)(H,21,24). The van der Waals surface area contributed by atoms with E-state index in [9.17, 15) is 9.59 Å². The van der Waals surface area contributed by atoms with Crippen LogP contribution in [0.1, 0.15) is 38.4 Å². The number of amides is 1. The zero-order chi connectivity index (χ0) is 17.9. The van der Waals surface area contributed by atoms with Crippen LogP contribution in [0.25, 0.3) is 0 Å². The third-order valence-corrected chi connectivity index (χ3v) is 4.05. The summed E-state index contributed by atoms with van der Waals surface area (Å²) >= 11 is 3.30. The number of hydrogen-bond acceptors (Lipinski definition) is 4. The van der Waals surface area contributed by atoms with E-state index in [1.807, 2.05) is 26.8 Å². The lowest BCUT2D eigenvalue weighted by Gasteiger charge is -2.11. The smallest absolute Gasteiger partial charge is 0.253 e. The largest absolute Gasteiger partial charge is 0.348 e. The molecule has 2 N–H and O–H groups in total. The number of aliphatic imine (C=N–C) groups is 1. The molecule has 0 aromatic carbocycles. The third kappa shape index (κ3) is 3.97. The predicted molar refractivity (Wildman–Crippen MR) is 97.9 cm³/mol. The minimum Gasteiger partial charge on any atom is -0.348 e. The highest BCUT2D eigenvalue weighted by molar-refractivity contribution is 9.10. The number of carbonyl (C=O) groups is 1.